The number of carbonyl (C=O) groups is 1. The second-order valence-electron chi connectivity index (χ2n) is 9.36. The van der Waals surface area contributed by atoms with Crippen molar-refractivity contribution in [2.24, 2.45) is 4.99 Å². The average Bonchev–Trinajstić information content (AvgIpc) is 3.30. The molecule has 212 valence electrons. The molecule has 4 aromatic rings. The van der Waals surface area contributed by atoms with Gasteiger partial charge in [0.05, 0.1) is 47.2 Å². The van der Waals surface area contributed by atoms with Crippen molar-refractivity contribution in [2.75, 3.05) is 13.7 Å². The second-order valence-corrected chi connectivity index (χ2v) is 10.4. The molecule has 0 fully saturated rings. The van der Waals surface area contributed by atoms with Crippen molar-refractivity contribution in [3.05, 3.63) is 126 Å². The standard InChI is InChI=1S/C32H26FN3O5S/c1-4-40-31(38)28-19(2)35-32-36(29(28)23-10-12-24(33)13-11-23)30(37)27(42-32)16-22-9-14-25(26(15-22)39-3)41-18-21-7-5-20(17-34)6-8-21/h5-16,29H,4,18H2,1-3H3/b27-16-/t29-/m0/s1. The van der Waals surface area contributed by atoms with Crippen LogP contribution in [0.25, 0.3) is 6.08 Å². The number of ether oxygens (including phenoxy) is 3. The number of nitrogens with zero attached hydrogens (tertiary/aromatic N) is 3. The molecule has 2 heterocycles. The summed E-state index contributed by atoms with van der Waals surface area (Å²) in [4.78, 5) is 31.7. The highest BCUT2D eigenvalue weighted by atomic mass is 32.1. The number of aromatic nitrogens is 1. The maximum atomic E-state index is 13.8. The molecule has 0 amide bonds. The lowest BCUT2D eigenvalue weighted by atomic mass is 9.96. The zero-order valence-corrected chi connectivity index (χ0v) is 23.9. The number of allylic oxidation sites excluding steroid dienone is 1. The Kier molecular flexibility index (Phi) is 8.31. The highest BCUT2D eigenvalue weighted by Gasteiger charge is 2.33. The summed E-state index contributed by atoms with van der Waals surface area (Å²) < 4.78 is 32.4. The maximum absolute atomic E-state index is 13.8. The average molecular weight is 584 g/mol. The minimum Gasteiger partial charge on any atom is -0.493 e. The minimum absolute atomic E-state index is 0.158. The van der Waals surface area contributed by atoms with Gasteiger partial charge in [-0.05, 0) is 73.0 Å². The lowest BCUT2D eigenvalue weighted by molar-refractivity contribution is -0.139. The molecule has 8 nitrogen and oxygen atoms in total. The molecule has 1 aliphatic heterocycles. The lowest BCUT2D eigenvalue weighted by Crippen LogP contribution is -2.39. The van der Waals surface area contributed by atoms with E-state index in [2.05, 4.69) is 11.1 Å². The van der Waals surface area contributed by atoms with Gasteiger partial charge >= 0.3 is 5.97 Å². The van der Waals surface area contributed by atoms with Crippen molar-refractivity contribution in [3.8, 4) is 17.6 Å². The molecule has 0 saturated heterocycles. The Labute approximate surface area is 244 Å². The number of benzene rings is 3. The van der Waals surface area contributed by atoms with Gasteiger partial charge in [0.1, 0.15) is 12.4 Å². The number of carbonyl (C=O) groups excluding carboxylic acids is 1. The molecule has 0 bridgehead atoms. The first-order valence-electron chi connectivity index (χ1n) is 13.1. The van der Waals surface area contributed by atoms with Gasteiger partial charge in [0.25, 0.3) is 5.56 Å². The summed E-state index contributed by atoms with van der Waals surface area (Å²) in [7, 11) is 1.53. The zero-order valence-electron chi connectivity index (χ0n) is 23.1. The largest absolute Gasteiger partial charge is 0.493 e. The van der Waals surface area contributed by atoms with E-state index in [4.69, 9.17) is 19.5 Å². The third kappa shape index (κ3) is 5.73. The molecule has 3 aromatic carbocycles. The molecule has 0 radical (unpaired) electrons. The van der Waals surface area contributed by atoms with E-state index in [0.29, 0.717) is 43.2 Å². The first kappa shape index (κ1) is 28.5. The summed E-state index contributed by atoms with van der Waals surface area (Å²) in [6.45, 7) is 3.84. The second kappa shape index (κ2) is 12.2. The summed E-state index contributed by atoms with van der Waals surface area (Å²) >= 11 is 1.19. The zero-order chi connectivity index (χ0) is 29.8. The van der Waals surface area contributed by atoms with Gasteiger partial charge < -0.3 is 14.2 Å². The van der Waals surface area contributed by atoms with E-state index >= 15 is 0 Å². The molecule has 5 rings (SSSR count). The fraction of sp³-hybridized carbons (Fsp3) is 0.188. The van der Waals surface area contributed by atoms with Gasteiger partial charge in [-0.1, -0.05) is 41.7 Å². The predicted octanol–water partition coefficient (Wildman–Crippen LogP) is 4.40. The third-order valence-corrected chi connectivity index (χ3v) is 7.65. The van der Waals surface area contributed by atoms with E-state index in [9.17, 15) is 14.0 Å². The van der Waals surface area contributed by atoms with Crippen LogP contribution in [0.3, 0.4) is 0 Å². The van der Waals surface area contributed by atoms with Gasteiger partial charge in [0, 0.05) is 0 Å². The Morgan fingerprint density at radius 3 is 2.52 bits per heavy atom. The Hall–Kier alpha value is -5.01. The predicted molar refractivity (Wildman–Crippen MR) is 155 cm³/mol. The van der Waals surface area contributed by atoms with E-state index in [1.807, 2.05) is 18.2 Å². The Balaban J connectivity index is 1.52. The molecule has 0 N–H and O–H groups in total. The van der Waals surface area contributed by atoms with Crippen LogP contribution in [0.1, 0.15) is 42.1 Å². The lowest BCUT2D eigenvalue weighted by Gasteiger charge is -2.24. The van der Waals surface area contributed by atoms with Crippen LogP contribution < -0.4 is 24.4 Å². The van der Waals surface area contributed by atoms with Crippen molar-refractivity contribution in [2.45, 2.75) is 26.5 Å². The smallest absolute Gasteiger partial charge is 0.338 e. The van der Waals surface area contributed by atoms with E-state index in [1.54, 1.807) is 56.3 Å². The summed E-state index contributed by atoms with van der Waals surface area (Å²) in [5.74, 6) is -0.00667. The number of halogens is 1. The Morgan fingerprint density at radius 1 is 1.12 bits per heavy atom. The topological polar surface area (TPSA) is 103 Å². The number of esters is 1. The summed E-state index contributed by atoms with van der Waals surface area (Å²) in [5, 5.41) is 8.98. The molecule has 0 aliphatic carbocycles. The number of fused-ring (bicyclic) bond motifs is 1. The van der Waals surface area contributed by atoms with Gasteiger partial charge in [-0.25, -0.2) is 14.2 Å². The van der Waals surface area contributed by atoms with Crippen molar-refractivity contribution in [1.82, 2.24) is 4.57 Å². The molecular formula is C32H26FN3O5S. The molecule has 1 aliphatic rings. The molecule has 42 heavy (non-hydrogen) atoms. The number of hydrogen-bond donors (Lipinski definition) is 0. The summed E-state index contributed by atoms with van der Waals surface area (Å²) in [6.07, 6.45) is 1.72. The first-order valence-corrected chi connectivity index (χ1v) is 13.9. The van der Waals surface area contributed by atoms with Gasteiger partial charge in [-0.2, -0.15) is 5.26 Å². The van der Waals surface area contributed by atoms with Crippen LogP contribution in [-0.4, -0.2) is 24.3 Å². The number of rotatable bonds is 8. The Morgan fingerprint density at radius 2 is 1.86 bits per heavy atom. The minimum atomic E-state index is -0.824. The van der Waals surface area contributed by atoms with Gasteiger partial charge in [-0.3, -0.25) is 9.36 Å². The van der Waals surface area contributed by atoms with Crippen LogP contribution in [0.2, 0.25) is 0 Å². The molecule has 0 saturated carbocycles. The van der Waals surface area contributed by atoms with Crippen LogP contribution in [0.4, 0.5) is 4.39 Å². The van der Waals surface area contributed by atoms with Crippen molar-refractivity contribution < 1.29 is 23.4 Å². The number of methoxy groups -OCH3 is 1. The highest BCUT2D eigenvalue weighted by molar-refractivity contribution is 7.07. The van der Waals surface area contributed by atoms with Crippen molar-refractivity contribution >= 4 is 23.4 Å². The fourth-order valence-corrected chi connectivity index (χ4v) is 5.68. The van der Waals surface area contributed by atoms with E-state index in [-0.39, 0.29) is 24.3 Å². The summed E-state index contributed by atoms with van der Waals surface area (Å²) in [5.41, 5.74) is 3.04. The van der Waals surface area contributed by atoms with Crippen LogP contribution in [0, 0.1) is 17.1 Å². The fourth-order valence-electron chi connectivity index (χ4n) is 4.63. The quantitative estimate of drug-likeness (QED) is 0.285. The highest BCUT2D eigenvalue weighted by Crippen LogP contribution is 2.31. The van der Waals surface area contributed by atoms with Crippen LogP contribution in [0.5, 0.6) is 11.5 Å². The summed E-state index contributed by atoms with van der Waals surface area (Å²) in [6, 6.07) is 19.4. The van der Waals surface area contributed by atoms with Gasteiger partial charge in [-0.15, -0.1) is 0 Å². The van der Waals surface area contributed by atoms with E-state index < -0.39 is 17.8 Å². The van der Waals surface area contributed by atoms with Gasteiger partial charge in [0.2, 0.25) is 0 Å². The van der Waals surface area contributed by atoms with Crippen LogP contribution in [-0.2, 0) is 16.1 Å². The molecule has 10 heteroatoms. The maximum Gasteiger partial charge on any atom is 0.338 e. The van der Waals surface area contributed by atoms with Gasteiger partial charge in [0.15, 0.2) is 16.3 Å². The Bertz CT molecular complexity index is 1900. The number of thiazole rings is 1. The van der Waals surface area contributed by atoms with Crippen LogP contribution in [0.15, 0.2) is 87.8 Å². The third-order valence-electron chi connectivity index (χ3n) is 6.67. The van der Waals surface area contributed by atoms with E-state index in [1.165, 1.54) is 35.1 Å². The molecule has 0 unspecified atom stereocenters. The molecule has 0 spiro atoms. The normalized spacial score (nSPS) is 14.5. The van der Waals surface area contributed by atoms with Crippen molar-refractivity contribution in [1.29, 1.82) is 5.26 Å². The first-order chi connectivity index (χ1) is 20.3. The monoisotopic (exact) mass is 583 g/mol. The van der Waals surface area contributed by atoms with Crippen molar-refractivity contribution in [3.63, 3.8) is 0 Å². The molecule has 1 aromatic heterocycles. The van der Waals surface area contributed by atoms with Crippen LogP contribution >= 0.6 is 11.3 Å². The molecule has 1 atom stereocenters. The molecular weight excluding hydrogens is 557 g/mol. The van der Waals surface area contributed by atoms with E-state index in [0.717, 1.165) is 5.56 Å². The number of nitriles is 1. The SMILES string of the molecule is CCOC(=O)C1=C(C)N=c2s/c(=C\c3ccc(OCc4ccc(C#N)cc4)c(OC)c3)c(=O)n2[C@H]1c1ccc(F)cc1. The number of hydrogen-bond acceptors (Lipinski definition) is 8.